The van der Waals surface area contributed by atoms with Crippen LogP contribution in [0.4, 0.5) is 0 Å². The Morgan fingerprint density at radius 3 is 2.71 bits per heavy atom. The van der Waals surface area contributed by atoms with Gasteiger partial charge in [-0.05, 0) is 6.85 Å². The molecule has 0 aromatic carbocycles. The van der Waals surface area contributed by atoms with E-state index >= 15 is 0 Å². The van der Waals surface area contributed by atoms with E-state index in [0.29, 0.717) is 4.57 Å². The Hall–Kier alpha value is -2.46. The van der Waals surface area contributed by atoms with Crippen molar-refractivity contribution >= 4 is 11.9 Å². The number of aliphatic hydroxyl groups excluding tert-OH is 1. The zero-order chi connectivity index (χ0) is 20.6. The quantitative estimate of drug-likeness (QED) is 0.641. The lowest BCUT2D eigenvalue weighted by molar-refractivity contribution is -0.172. The van der Waals surface area contributed by atoms with Crippen molar-refractivity contribution in [2.75, 3.05) is 6.61 Å². The first-order valence-electron chi connectivity index (χ1n) is 8.37. The summed E-state index contributed by atoms with van der Waals surface area (Å²) in [6.07, 6.45) is -4.51. The van der Waals surface area contributed by atoms with Crippen LogP contribution >= 0.6 is 0 Å². The molecule has 1 aliphatic rings. The minimum atomic E-state index is -3.07. The molecule has 10 nitrogen and oxygen atoms in total. The number of esters is 2. The number of nitrogens with one attached hydrogen (secondary N) is 1. The molecule has 0 radical (unpaired) electrons. The van der Waals surface area contributed by atoms with Crippen LogP contribution in [0.1, 0.15) is 31.0 Å². The van der Waals surface area contributed by atoms with Crippen LogP contribution in [0.25, 0.3) is 0 Å². The third-order valence-electron chi connectivity index (χ3n) is 3.32. The minimum absolute atomic E-state index is 0.447. The highest BCUT2D eigenvalue weighted by Crippen LogP contribution is 2.38. The van der Waals surface area contributed by atoms with Crippen LogP contribution in [0, 0.1) is 0 Å². The summed E-state index contributed by atoms with van der Waals surface area (Å²) in [6, 6.07) is 0.958. The van der Waals surface area contributed by atoms with Crippen molar-refractivity contribution in [1.29, 1.82) is 0 Å². The van der Waals surface area contributed by atoms with Gasteiger partial charge in [0, 0.05) is 30.2 Å². The Morgan fingerprint density at radius 2 is 2.17 bits per heavy atom. The highest BCUT2D eigenvalue weighted by atomic mass is 16.6. The first-order valence-corrected chi connectivity index (χ1v) is 6.87. The first kappa shape index (κ1) is 13.9. The smallest absolute Gasteiger partial charge is 0.330 e. The van der Waals surface area contributed by atoms with Crippen LogP contribution in [-0.2, 0) is 23.8 Å². The zero-order valence-electron chi connectivity index (χ0n) is 15.8. The molecule has 2 N–H and O–H groups in total. The fourth-order valence-corrected chi connectivity index (χ4v) is 2.33. The van der Waals surface area contributed by atoms with Crippen molar-refractivity contribution in [1.82, 2.24) is 9.55 Å². The van der Waals surface area contributed by atoms with Crippen LogP contribution in [0.3, 0.4) is 0 Å². The van der Waals surface area contributed by atoms with Crippen molar-refractivity contribution < 1.29 is 33.0 Å². The maximum absolute atomic E-state index is 12.0. The average molecular weight is 346 g/mol. The molecule has 132 valence electrons. The lowest BCUT2D eigenvalue weighted by Gasteiger charge is -2.29. The minimum Gasteiger partial charge on any atom is -0.463 e. The van der Waals surface area contributed by atoms with Crippen molar-refractivity contribution in [3.63, 3.8) is 0 Å². The number of ether oxygens (including phenoxy) is 3. The molecule has 2 heterocycles. The lowest BCUT2D eigenvalue weighted by atomic mass is 9.98. The number of rotatable bonds is 4. The number of aromatic amines is 1. The van der Waals surface area contributed by atoms with E-state index in [0.717, 1.165) is 26.1 Å². The summed E-state index contributed by atoms with van der Waals surface area (Å²) >= 11 is 0. The van der Waals surface area contributed by atoms with Crippen LogP contribution in [-0.4, -0.2) is 51.0 Å². The van der Waals surface area contributed by atoms with Crippen molar-refractivity contribution in [3.05, 3.63) is 33.1 Å². The van der Waals surface area contributed by atoms with Crippen molar-refractivity contribution in [2.45, 2.75) is 44.7 Å². The molecule has 0 bridgehead atoms. The van der Waals surface area contributed by atoms with Gasteiger partial charge in [-0.2, -0.15) is 0 Å². The van der Waals surface area contributed by atoms with Gasteiger partial charge in [0.05, 0.1) is 0 Å². The van der Waals surface area contributed by atoms with Gasteiger partial charge in [-0.3, -0.25) is 14.4 Å². The second kappa shape index (κ2) is 6.57. The Bertz CT molecular complexity index is 819. The molecule has 1 fully saturated rings. The van der Waals surface area contributed by atoms with Gasteiger partial charge >= 0.3 is 17.6 Å². The van der Waals surface area contributed by atoms with Crippen LogP contribution < -0.4 is 11.2 Å². The Balaban J connectivity index is 2.62. The van der Waals surface area contributed by atoms with E-state index in [1.807, 2.05) is 0 Å². The van der Waals surface area contributed by atoms with E-state index in [-0.39, 0.29) is 0 Å². The van der Waals surface area contributed by atoms with Gasteiger partial charge in [0.15, 0.2) is 12.3 Å². The monoisotopic (exact) mass is 346 g/mol. The number of H-pyrrole nitrogens is 1. The second-order valence-corrected chi connectivity index (χ2v) is 5.19. The molecular formula is C14H18N2O8. The Kier molecular flexibility index (Phi) is 3.82. The third-order valence-corrected chi connectivity index (χ3v) is 3.32. The molecule has 0 amide bonds. The highest BCUT2D eigenvalue weighted by molar-refractivity contribution is 5.67. The van der Waals surface area contributed by atoms with Gasteiger partial charge in [0.25, 0.3) is 5.56 Å². The van der Waals surface area contributed by atoms with Gasteiger partial charge in [0.2, 0.25) is 0 Å². The van der Waals surface area contributed by atoms with Crippen LogP contribution in [0.5, 0.6) is 0 Å². The van der Waals surface area contributed by atoms with E-state index in [2.05, 4.69) is 4.98 Å². The average Bonchev–Trinajstić information content (AvgIpc) is 2.79. The number of carbonyl (C=O) groups excluding carboxylic acids is 2. The topological polar surface area (TPSA) is 137 Å². The van der Waals surface area contributed by atoms with Gasteiger partial charge in [-0.15, -0.1) is 0 Å². The summed E-state index contributed by atoms with van der Waals surface area (Å²) < 4.78 is 38.9. The number of aromatic nitrogens is 2. The van der Waals surface area contributed by atoms with Gasteiger partial charge in [-0.25, -0.2) is 9.36 Å². The largest absolute Gasteiger partial charge is 0.463 e. The van der Waals surface area contributed by atoms with Crippen molar-refractivity contribution in [2.24, 2.45) is 0 Å². The fraction of sp³-hybridized carbons (Fsp3) is 0.571. The molecule has 0 spiro atoms. The predicted octanol–water partition coefficient (Wildman–Crippen LogP) is -1.32. The molecule has 1 aromatic rings. The van der Waals surface area contributed by atoms with Gasteiger partial charge in [0.1, 0.15) is 18.3 Å². The van der Waals surface area contributed by atoms with E-state index in [1.54, 1.807) is 0 Å². The molecule has 2 rings (SSSR count). The Morgan fingerprint density at radius 1 is 1.46 bits per heavy atom. The molecule has 1 aliphatic heterocycles. The summed E-state index contributed by atoms with van der Waals surface area (Å²) in [5.41, 5.74) is -4.38. The molecular weight excluding hydrogens is 325 g/mol. The number of nitrogens with zero attached hydrogens (tertiary/aromatic N) is 1. The predicted molar refractivity (Wildman–Crippen MR) is 78.0 cm³/mol. The van der Waals surface area contributed by atoms with Crippen molar-refractivity contribution in [3.8, 4) is 0 Å². The van der Waals surface area contributed by atoms with E-state index in [9.17, 15) is 24.3 Å². The van der Waals surface area contributed by atoms with Gasteiger partial charge < -0.3 is 24.3 Å². The summed E-state index contributed by atoms with van der Waals surface area (Å²) in [7, 11) is 0. The number of carbonyl (C=O) groups is 2. The van der Waals surface area contributed by atoms with Crippen LogP contribution in [0.2, 0.25) is 0 Å². The number of aliphatic hydroxyl groups is 1. The molecule has 0 unspecified atom stereocenters. The fourth-order valence-electron chi connectivity index (χ4n) is 2.33. The molecule has 4 atom stereocenters. The zero-order valence-corrected chi connectivity index (χ0v) is 12.8. The molecule has 10 heteroatoms. The lowest BCUT2D eigenvalue weighted by Crippen LogP contribution is -2.47. The molecule has 1 aromatic heterocycles. The Labute approximate surface area is 140 Å². The third kappa shape index (κ3) is 3.39. The number of hydrogen-bond donors (Lipinski definition) is 2. The summed E-state index contributed by atoms with van der Waals surface area (Å²) in [4.78, 5) is 48.9. The molecule has 1 saturated heterocycles. The summed E-state index contributed by atoms with van der Waals surface area (Å²) in [5, 5.41) is 10.6. The first-order chi connectivity index (χ1) is 12.4. The molecule has 0 saturated carbocycles. The van der Waals surface area contributed by atoms with Crippen LogP contribution in [0.15, 0.2) is 21.9 Å². The number of hydrogen-bond acceptors (Lipinski definition) is 8. The maximum Gasteiger partial charge on any atom is 0.330 e. The summed E-state index contributed by atoms with van der Waals surface area (Å²) in [6.45, 7) is -1.99. The molecule has 0 aliphatic carbocycles. The van der Waals surface area contributed by atoms with E-state index < -0.39 is 60.7 Å². The SMILES string of the molecule is [2H]C([2H])([2H])[C@]1(COC(C)=O)O[C@@H](n2c(=O)[nH]cc[13c]2=O)[C@@H](O)[C@H]1OC(C)=O. The van der Waals surface area contributed by atoms with E-state index in [4.69, 9.17) is 18.3 Å². The van der Waals surface area contributed by atoms with E-state index in [1.165, 1.54) is 0 Å². The maximum atomic E-state index is 12.0. The summed E-state index contributed by atoms with van der Waals surface area (Å²) in [5.74, 6) is -1.80. The highest BCUT2D eigenvalue weighted by Gasteiger charge is 2.56. The normalized spacial score (nSPS) is 31.6. The second-order valence-electron chi connectivity index (χ2n) is 5.19. The standard InChI is InChI=1S/C14H18N2O8/c1-7(17)22-6-14(3)11(23-8(2)18)10(20)12(24-14)16-9(19)4-5-15-13(16)21/h4-5,10-12,20H,6H2,1-3H3,(H,15,21)/t10-,11+,12+,14+/m0/s1/i3D3,9+1. The van der Waals surface area contributed by atoms with Gasteiger partial charge in [-0.1, -0.05) is 0 Å². The molecule has 24 heavy (non-hydrogen) atoms.